The zero-order valence-electron chi connectivity index (χ0n) is 13.6. The highest BCUT2D eigenvalue weighted by Crippen LogP contribution is 2.41. The van der Waals surface area contributed by atoms with Crippen LogP contribution in [0.3, 0.4) is 0 Å². The molecule has 1 atom stereocenters. The standard InChI is InChI=1S/C19H30N2/c1-15-3-5-17(6-4-15)19(18-7-8-18)20-12-9-16-10-13-21(2)14-11-16/h3-6,16,18-20H,7-14H2,1-2H3. The zero-order chi connectivity index (χ0) is 14.7. The first-order valence-corrected chi connectivity index (χ1v) is 8.71. The van der Waals surface area contributed by atoms with E-state index in [9.17, 15) is 0 Å². The van der Waals surface area contributed by atoms with E-state index < -0.39 is 0 Å². The number of benzene rings is 1. The Balaban J connectivity index is 1.48. The zero-order valence-corrected chi connectivity index (χ0v) is 13.6. The van der Waals surface area contributed by atoms with Gasteiger partial charge in [0.15, 0.2) is 0 Å². The molecular formula is C19H30N2. The second-order valence-electron chi connectivity index (χ2n) is 7.22. The molecule has 0 radical (unpaired) electrons. The average molecular weight is 286 g/mol. The third-order valence-corrected chi connectivity index (χ3v) is 5.28. The number of rotatable bonds is 6. The fraction of sp³-hybridized carbons (Fsp3) is 0.684. The summed E-state index contributed by atoms with van der Waals surface area (Å²) in [6.45, 7) is 5.93. The summed E-state index contributed by atoms with van der Waals surface area (Å²) in [4.78, 5) is 2.46. The number of hydrogen-bond donors (Lipinski definition) is 1. The van der Waals surface area contributed by atoms with Gasteiger partial charge in [-0.15, -0.1) is 0 Å². The molecule has 2 fully saturated rings. The molecular weight excluding hydrogens is 256 g/mol. The largest absolute Gasteiger partial charge is 0.310 e. The number of hydrogen-bond acceptors (Lipinski definition) is 2. The van der Waals surface area contributed by atoms with Gasteiger partial charge < -0.3 is 10.2 Å². The Labute approximate surface area is 129 Å². The molecule has 0 amide bonds. The van der Waals surface area contributed by atoms with Gasteiger partial charge in [0.25, 0.3) is 0 Å². The Hall–Kier alpha value is -0.860. The van der Waals surface area contributed by atoms with E-state index in [1.165, 1.54) is 62.9 Å². The van der Waals surface area contributed by atoms with Gasteiger partial charge in [-0.3, -0.25) is 0 Å². The third-order valence-electron chi connectivity index (χ3n) is 5.28. The molecule has 1 heterocycles. The van der Waals surface area contributed by atoms with Crippen molar-refractivity contribution in [3.63, 3.8) is 0 Å². The van der Waals surface area contributed by atoms with E-state index >= 15 is 0 Å². The van der Waals surface area contributed by atoms with Gasteiger partial charge in [0.2, 0.25) is 0 Å². The van der Waals surface area contributed by atoms with Crippen LogP contribution in [0.4, 0.5) is 0 Å². The van der Waals surface area contributed by atoms with Crippen LogP contribution in [-0.2, 0) is 0 Å². The van der Waals surface area contributed by atoms with Gasteiger partial charge in [-0.05, 0) is 83.1 Å². The monoisotopic (exact) mass is 286 g/mol. The normalized spacial score (nSPS) is 22.4. The molecule has 116 valence electrons. The predicted molar refractivity (Wildman–Crippen MR) is 89.5 cm³/mol. The number of nitrogens with one attached hydrogen (secondary N) is 1. The quantitative estimate of drug-likeness (QED) is 0.856. The van der Waals surface area contributed by atoms with Gasteiger partial charge >= 0.3 is 0 Å². The maximum atomic E-state index is 3.86. The second-order valence-corrected chi connectivity index (χ2v) is 7.22. The molecule has 21 heavy (non-hydrogen) atoms. The fourth-order valence-corrected chi connectivity index (χ4v) is 3.55. The van der Waals surface area contributed by atoms with Gasteiger partial charge in [0, 0.05) is 6.04 Å². The average Bonchev–Trinajstić information content (AvgIpc) is 3.31. The Kier molecular flexibility index (Phi) is 4.97. The Morgan fingerprint density at radius 2 is 1.76 bits per heavy atom. The number of aryl methyl sites for hydroxylation is 1. The molecule has 0 spiro atoms. The predicted octanol–water partition coefficient (Wildman–Crippen LogP) is 3.77. The number of likely N-dealkylation sites (tertiary alicyclic amines) is 1. The highest BCUT2D eigenvalue weighted by atomic mass is 15.1. The summed E-state index contributed by atoms with van der Waals surface area (Å²) in [7, 11) is 2.25. The van der Waals surface area contributed by atoms with Crippen molar-refractivity contribution in [2.24, 2.45) is 11.8 Å². The highest BCUT2D eigenvalue weighted by Gasteiger charge is 2.31. The molecule has 1 aliphatic heterocycles. The lowest BCUT2D eigenvalue weighted by molar-refractivity contribution is 0.210. The van der Waals surface area contributed by atoms with Crippen LogP contribution in [0.5, 0.6) is 0 Å². The maximum Gasteiger partial charge on any atom is 0.0348 e. The van der Waals surface area contributed by atoms with Gasteiger partial charge in [0.05, 0.1) is 0 Å². The minimum Gasteiger partial charge on any atom is -0.310 e. The summed E-state index contributed by atoms with van der Waals surface area (Å²) < 4.78 is 0. The van der Waals surface area contributed by atoms with Crippen LogP contribution >= 0.6 is 0 Å². The lowest BCUT2D eigenvalue weighted by Crippen LogP contribution is -2.32. The first kappa shape index (κ1) is 15.1. The summed E-state index contributed by atoms with van der Waals surface area (Å²) in [6.07, 6.45) is 6.93. The molecule has 2 heteroatoms. The number of nitrogens with zero attached hydrogens (tertiary/aromatic N) is 1. The first-order valence-electron chi connectivity index (χ1n) is 8.71. The minimum absolute atomic E-state index is 0.594. The molecule has 1 unspecified atom stereocenters. The molecule has 0 bridgehead atoms. The van der Waals surface area contributed by atoms with Crippen molar-refractivity contribution in [3.05, 3.63) is 35.4 Å². The lowest BCUT2D eigenvalue weighted by Gasteiger charge is -2.29. The SMILES string of the molecule is Cc1ccc(C(NCCC2CCN(C)CC2)C2CC2)cc1. The topological polar surface area (TPSA) is 15.3 Å². The summed E-state index contributed by atoms with van der Waals surface area (Å²) >= 11 is 0. The summed E-state index contributed by atoms with van der Waals surface area (Å²) in [5.41, 5.74) is 2.85. The van der Waals surface area contributed by atoms with E-state index in [-0.39, 0.29) is 0 Å². The van der Waals surface area contributed by atoms with Crippen LogP contribution in [-0.4, -0.2) is 31.6 Å². The van der Waals surface area contributed by atoms with E-state index in [0.717, 1.165) is 11.8 Å². The van der Waals surface area contributed by atoms with Gasteiger partial charge in [-0.25, -0.2) is 0 Å². The Bertz CT molecular complexity index is 427. The smallest absolute Gasteiger partial charge is 0.0348 e. The van der Waals surface area contributed by atoms with Gasteiger partial charge in [-0.2, -0.15) is 0 Å². The van der Waals surface area contributed by atoms with Crippen molar-refractivity contribution in [3.8, 4) is 0 Å². The number of piperidine rings is 1. The minimum atomic E-state index is 0.594. The van der Waals surface area contributed by atoms with Gasteiger partial charge in [-0.1, -0.05) is 29.8 Å². The molecule has 3 rings (SSSR count). The summed E-state index contributed by atoms with van der Waals surface area (Å²) in [5, 5.41) is 3.86. The van der Waals surface area contributed by atoms with Crippen molar-refractivity contribution in [1.29, 1.82) is 0 Å². The van der Waals surface area contributed by atoms with Crippen LogP contribution in [0.15, 0.2) is 24.3 Å². The third kappa shape index (κ3) is 4.31. The second kappa shape index (κ2) is 6.93. The summed E-state index contributed by atoms with van der Waals surface area (Å²) in [5.74, 6) is 1.82. The molecule has 1 saturated carbocycles. The Morgan fingerprint density at radius 3 is 2.38 bits per heavy atom. The van der Waals surface area contributed by atoms with Gasteiger partial charge in [0.1, 0.15) is 0 Å². The Morgan fingerprint density at radius 1 is 1.10 bits per heavy atom. The molecule has 1 saturated heterocycles. The maximum absolute atomic E-state index is 3.86. The van der Waals surface area contributed by atoms with E-state index in [0.29, 0.717) is 6.04 Å². The van der Waals surface area contributed by atoms with Crippen molar-refractivity contribution in [2.75, 3.05) is 26.7 Å². The van der Waals surface area contributed by atoms with Crippen molar-refractivity contribution >= 4 is 0 Å². The van der Waals surface area contributed by atoms with Crippen molar-refractivity contribution < 1.29 is 0 Å². The van der Waals surface area contributed by atoms with Crippen molar-refractivity contribution in [1.82, 2.24) is 10.2 Å². The van der Waals surface area contributed by atoms with Crippen LogP contribution < -0.4 is 5.32 Å². The highest BCUT2D eigenvalue weighted by molar-refractivity contribution is 5.25. The van der Waals surface area contributed by atoms with Crippen LogP contribution in [0, 0.1) is 18.8 Å². The molecule has 2 aliphatic rings. The molecule has 1 aliphatic carbocycles. The molecule has 2 nitrogen and oxygen atoms in total. The van der Waals surface area contributed by atoms with Crippen LogP contribution in [0.2, 0.25) is 0 Å². The van der Waals surface area contributed by atoms with E-state index in [4.69, 9.17) is 0 Å². The van der Waals surface area contributed by atoms with E-state index in [1.807, 2.05) is 0 Å². The fourth-order valence-electron chi connectivity index (χ4n) is 3.55. The van der Waals surface area contributed by atoms with Crippen LogP contribution in [0.1, 0.15) is 49.3 Å². The van der Waals surface area contributed by atoms with Crippen molar-refractivity contribution in [2.45, 2.75) is 45.1 Å². The molecule has 0 aromatic heterocycles. The van der Waals surface area contributed by atoms with E-state index in [1.54, 1.807) is 0 Å². The molecule has 1 N–H and O–H groups in total. The van der Waals surface area contributed by atoms with Crippen LogP contribution in [0.25, 0.3) is 0 Å². The lowest BCUT2D eigenvalue weighted by atomic mass is 9.93. The first-order chi connectivity index (χ1) is 10.2. The summed E-state index contributed by atoms with van der Waals surface area (Å²) in [6, 6.07) is 9.74. The molecule has 1 aromatic carbocycles. The molecule has 1 aromatic rings. The van der Waals surface area contributed by atoms with E-state index in [2.05, 4.69) is 48.5 Å².